The van der Waals surface area contributed by atoms with E-state index in [0.29, 0.717) is 6.54 Å². The van der Waals surface area contributed by atoms with Gasteiger partial charge in [0.15, 0.2) is 11.6 Å². The van der Waals surface area contributed by atoms with Gasteiger partial charge in [-0.3, -0.25) is 14.4 Å². The Morgan fingerprint density at radius 2 is 1.96 bits per heavy atom. The first-order chi connectivity index (χ1) is 12.4. The predicted octanol–water partition coefficient (Wildman–Crippen LogP) is 2.08. The molecule has 0 unspecified atom stereocenters. The van der Waals surface area contributed by atoms with Crippen LogP contribution in [0.25, 0.3) is 5.65 Å². The molecule has 0 aliphatic heterocycles. The highest BCUT2D eigenvalue weighted by Crippen LogP contribution is 2.03. The molecule has 0 bridgehead atoms. The van der Waals surface area contributed by atoms with E-state index in [0.717, 1.165) is 49.1 Å². The zero-order chi connectivity index (χ0) is 17.3. The van der Waals surface area contributed by atoms with Crippen LogP contribution in [0.2, 0.25) is 0 Å². The Hall–Kier alpha value is -2.23. The van der Waals surface area contributed by atoms with E-state index in [2.05, 4.69) is 37.7 Å². The third-order valence-corrected chi connectivity index (χ3v) is 3.73. The van der Waals surface area contributed by atoms with Crippen LogP contribution >= 0.6 is 24.0 Å². The average molecular weight is 465 g/mol. The third-order valence-electron chi connectivity index (χ3n) is 3.73. The number of guanidine groups is 1. The molecular weight excluding hydrogens is 441 g/mol. The fourth-order valence-electron chi connectivity index (χ4n) is 2.53. The van der Waals surface area contributed by atoms with E-state index in [1.54, 1.807) is 0 Å². The molecule has 0 saturated carbocycles. The summed E-state index contributed by atoms with van der Waals surface area (Å²) in [5.41, 5.74) is 1.93. The maximum absolute atomic E-state index is 4.62. The molecule has 0 amide bonds. The number of nitrogens with one attached hydrogen (secondary N) is 2. The van der Waals surface area contributed by atoms with E-state index in [9.17, 15) is 0 Å². The third kappa shape index (κ3) is 5.65. The molecule has 2 N–H and O–H groups in total. The maximum Gasteiger partial charge on any atom is 0.191 e. The van der Waals surface area contributed by atoms with Crippen LogP contribution < -0.4 is 10.6 Å². The topological polar surface area (TPSA) is 79.5 Å². The second kappa shape index (κ2) is 10.7. The van der Waals surface area contributed by atoms with Gasteiger partial charge in [-0.25, -0.2) is 0 Å². The van der Waals surface area contributed by atoms with E-state index >= 15 is 0 Å². The standard InChI is InChI=1S/C18H23N7.HI/c1-2-19-18(21-12-9-15-7-3-5-11-20-15)22-13-10-17-24-23-16-8-4-6-14-25(16)17;/h3-8,11,14H,2,9-10,12-13H2,1H3,(H2,19,21,22);1H. The molecule has 138 valence electrons. The van der Waals surface area contributed by atoms with Crippen LogP contribution in [-0.4, -0.2) is 45.2 Å². The molecule has 0 saturated heterocycles. The highest BCUT2D eigenvalue weighted by molar-refractivity contribution is 14.0. The molecule has 0 radical (unpaired) electrons. The molecule has 3 rings (SSSR count). The summed E-state index contributed by atoms with van der Waals surface area (Å²) < 4.78 is 2.00. The molecule has 3 aromatic heterocycles. The van der Waals surface area contributed by atoms with Gasteiger partial charge in [-0.1, -0.05) is 12.1 Å². The number of aliphatic imine (C=N–C) groups is 1. The van der Waals surface area contributed by atoms with Gasteiger partial charge in [-0.2, -0.15) is 0 Å². The summed E-state index contributed by atoms with van der Waals surface area (Å²) in [5, 5.41) is 15.0. The zero-order valence-corrected chi connectivity index (χ0v) is 17.1. The van der Waals surface area contributed by atoms with E-state index in [1.807, 2.05) is 53.2 Å². The molecule has 0 aliphatic carbocycles. The fraction of sp³-hybridized carbons (Fsp3) is 0.333. The van der Waals surface area contributed by atoms with E-state index < -0.39 is 0 Å². The summed E-state index contributed by atoms with van der Waals surface area (Å²) >= 11 is 0. The molecule has 0 aliphatic rings. The Balaban J connectivity index is 0.00000243. The minimum absolute atomic E-state index is 0. The highest BCUT2D eigenvalue weighted by Gasteiger charge is 2.04. The monoisotopic (exact) mass is 465 g/mol. The summed E-state index contributed by atoms with van der Waals surface area (Å²) in [6, 6.07) is 11.8. The van der Waals surface area contributed by atoms with Gasteiger partial charge < -0.3 is 10.6 Å². The molecule has 8 heteroatoms. The summed E-state index contributed by atoms with van der Waals surface area (Å²) in [6.07, 6.45) is 5.39. The van der Waals surface area contributed by atoms with E-state index in [1.165, 1.54) is 0 Å². The van der Waals surface area contributed by atoms with Crippen molar-refractivity contribution in [2.75, 3.05) is 19.6 Å². The normalized spacial score (nSPS) is 11.2. The first-order valence-corrected chi connectivity index (χ1v) is 8.57. The van der Waals surface area contributed by atoms with Crippen LogP contribution in [0.1, 0.15) is 18.4 Å². The SMILES string of the molecule is CCNC(=NCCc1nnc2ccccn12)NCCc1ccccn1.I. The molecule has 7 nitrogen and oxygen atoms in total. The van der Waals surface area contributed by atoms with Crippen molar-refractivity contribution >= 4 is 35.6 Å². The van der Waals surface area contributed by atoms with Crippen molar-refractivity contribution in [2.45, 2.75) is 19.8 Å². The van der Waals surface area contributed by atoms with Crippen LogP contribution in [0, 0.1) is 0 Å². The van der Waals surface area contributed by atoms with Crippen molar-refractivity contribution in [1.82, 2.24) is 30.2 Å². The van der Waals surface area contributed by atoms with Crippen molar-refractivity contribution in [2.24, 2.45) is 4.99 Å². The first kappa shape index (κ1) is 20.1. The van der Waals surface area contributed by atoms with Gasteiger partial charge in [0.25, 0.3) is 0 Å². The minimum atomic E-state index is 0. The number of rotatable bonds is 7. The van der Waals surface area contributed by atoms with Crippen molar-refractivity contribution in [3.05, 3.63) is 60.3 Å². The number of halogens is 1. The lowest BCUT2D eigenvalue weighted by Gasteiger charge is -2.10. The Kier molecular flexibility index (Phi) is 8.26. The minimum Gasteiger partial charge on any atom is -0.357 e. The second-order valence-corrected chi connectivity index (χ2v) is 5.55. The van der Waals surface area contributed by atoms with Gasteiger partial charge in [0.1, 0.15) is 5.82 Å². The molecule has 0 spiro atoms. The molecule has 3 aromatic rings. The lowest BCUT2D eigenvalue weighted by molar-refractivity contribution is 0.777. The Morgan fingerprint density at radius 3 is 2.77 bits per heavy atom. The van der Waals surface area contributed by atoms with Crippen LogP contribution in [0.5, 0.6) is 0 Å². The summed E-state index contributed by atoms with van der Waals surface area (Å²) in [4.78, 5) is 8.95. The van der Waals surface area contributed by atoms with Crippen LogP contribution in [0.4, 0.5) is 0 Å². The summed E-state index contributed by atoms with van der Waals surface area (Å²) in [7, 11) is 0. The number of pyridine rings is 2. The molecule has 0 atom stereocenters. The van der Waals surface area contributed by atoms with Gasteiger partial charge in [0.2, 0.25) is 0 Å². The van der Waals surface area contributed by atoms with Gasteiger partial charge in [-0.15, -0.1) is 34.2 Å². The van der Waals surface area contributed by atoms with Gasteiger partial charge in [-0.05, 0) is 31.2 Å². The highest BCUT2D eigenvalue weighted by atomic mass is 127. The van der Waals surface area contributed by atoms with Gasteiger partial charge >= 0.3 is 0 Å². The Bertz CT molecular complexity index is 817. The van der Waals surface area contributed by atoms with Gasteiger partial charge in [0.05, 0.1) is 0 Å². The lowest BCUT2D eigenvalue weighted by Crippen LogP contribution is -2.38. The summed E-state index contributed by atoms with van der Waals surface area (Å²) in [5.74, 6) is 1.73. The zero-order valence-electron chi connectivity index (χ0n) is 14.8. The van der Waals surface area contributed by atoms with E-state index in [4.69, 9.17) is 0 Å². The lowest BCUT2D eigenvalue weighted by atomic mass is 10.3. The molecule has 0 fully saturated rings. The molecule has 26 heavy (non-hydrogen) atoms. The molecule has 3 heterocycles. The van der Waals surface area contributed by atoms with Crippen LogP contribution in [-0.2, 0) is 12.8 Å². The van der Waals surface area contributed by atoms with Crippen LogP contribution in [0.15, 0.2) is 53.8 Å². The largest absolute Gasteiger partial charge is 0.357 e. The summed E-state index contributed by atoms with van der Waals surface area (Å²) in [6.45, 7) is 4.32. The van der Waals surface area contributed by atoms with Crippen molar-refractivity contribution in [3.8, 4) is 0 Å². The Morgan fingerprint density at radius 1 is 1.08 bits per heavy atom. The van der Waals surface area contributed by atoms with Crippen LogP contribution in [0.3, 0.4) is 0 Å². The Labute approximate surface area is 170 Å². The average Bonchev–Trinajstić information content (AvgIpc) is 3.06. The number of aromatic nitrogens is 4. The number of hydrogen-bond donors (Lipinski definition) is 2. The molecular formula is C18H24IN7. The molecule has 0 aromatic carbocycles. The van der Waals surface area contributed by atoms with Gasteiger partial charge in [0, 0.05) is 50.6 Å². The van der Waals surface area contributed by atoms with E-state index in [-0.39, 0.29) is 24.0 Å². The number of hydrogen-bond acceptors (Lipinski definition) is 4. The van der Waals surface area contributed by atoms with Crippen molar-refractivity contribution in [3.63, 3.8) is 0 Å². The predicted molar refractivity (Wildman–Crippen MR) is 114 cm³/mol. The fourth-order valence-corrected chi connectivity index (χ4v) is 2.53. The number of nitrogens with zero attached hydrogens (tertiary/aromatic N) is 5. The number of fused-ring (bicyclic) bond motifs is 1. The maximum atomic E-state index is 4.62. The first-order valence-electron chi connectivity index (χ1n) is 8.57. The van der Waals surface area contributed by atoms with Crippen molar-refractivity contribution < 1.29 is 0 Å². The van der Waals surface area contributed by atoms with Crippen molar-refractivity contribution in [1.29, 1.82) is 0 Å². The quantitative estimate of drug-likeness (QED) is 0.318. The smallest absolute Gasteiger partial charge is 0.191 e. The second-order valence-electron chi connectivity index (χ2n) is 5.55.